The van der Waals surface area contributed by atoms with Crippen molar-refractivity contribution in [3.8, 4) is 11.3 Å². The highest BCUT2D eigenvalue weighted by atomic mass is 35.5. The first-order valence-corrected chi connectivity index (χ1v) is 11.2. The average Bonchev–Trinajstić information content (AvgIpc) is 3.32. The number of benzene rings is 1. The number of likely N-dealkylation sites (tertiary alicyclic amines) is 1. The predicted molar refractivity (Wildman–Crippen MR) is 116 cm³/mol. The maximum absolute atomic E-state index is 11.1. The van der Waals surface area contributed by atoms with E-state index >= 15 is 0 Å². The van der Waals surface area contributed by atoms with Gasteiger partial charge < -0.3 is 0 Å². The number of hydrogen-bond donors (Lipinski definition) is 0. The SMILES string of the molecule is Cc1ccc(CN2CCC(c3nc(-c4ccc(Cl)c([N+](=O)[O-])c4)cs3)CC2)s1. The molecule has 8 heteroatoms. The standard InChI is InChI=1S/C20H20ClN3O2S2/c1-13-2-4-16(28-13)11-23-8-6-14(7-9-23)20-22-18(12-27-20)15-3-5-17(21)19(10-15)24(25)26/h2-5,10,12,14H,6-9,11H2,1H3. The summed E-state index contributed by atoms with van der Waals surface area (Å²) in [5.74, 6) is 0.461. The van der Waals surface area contributed by atoms with Gasteiger partial charge in [0.1, 0.15) is 5.02 Å². The number of nitro groups is 1. The van der Waals surface area contributed by atoms with Gasteiger partial charge in [-0.2, -0.15) is 0 Å². The molecule has 0 bridgehead atoms. The smallest absolute Gasteiger partial charge is 0.288 e. The number of nitro benzene ring substituents is 1. The first-order valence-electron chi connectivity index (χ1n) is 9.17. The van der Waals surface area contributed by atoms with E-state index in [0.29, 0.717) is 5.92 Å². The second-order valence-corrected chi connectivity index (χ2v) is 9.73. The number of halogens is 1. The van der Waals surface area contributed by atoms with E-state index in [9.17, 15) is 10.1 Å². The normalized spacial score (nSPS) is 15.8. The molecule has 146 valence electrons. The number of thiophene rings is 1. The summed E-state index contributed by atoms with van der Waals surface area (Å²) in [6.45, 7) is 5.32. The van der Waals surface area contributed by atoms with E-state index in [0.717, 1.165) is 48.7 Å². The topological polar surface area (TPSA) is 59.3 Å². The Morgan fingerprint density at radius 3 is 2.75 bits per heavy atom. The lowest BCUT2D eigenvalue weighted by Gasteiger charge is -2.30. The van der Waals surface area contributed by atoms with Crippen LogP contribution in [0.3, 0.4) is 0 Å². The van der Waals surface area contributed by atoms with Gasteiger partial charge >= 0.3 is 0 Å². The zero-order valence-electron chi connectivity index (χ0n) is 15.4. The number of nitrogens with zero attached hydrogens (tertiary/aromatic N) is 3. The Morgan fingerprint density at radius 2 is 2.07 bits per heavy atom. The second-order valence-electron chi connectivity index (χ2n) is 7.06. The van der Waals surface area contributed by atoms with Crippen molar-refractivity contribution in [2.45, 2.75) is 32.2 Å². The Balaban J connectivity index is 1.41. The summed E-state index contributed by atoms with van der Waals surface area (Å²) in [5.41, 5.74) is 1.45. The summed E-state index contributed by atoms with van der Waals surface area (Å²) >= 11 is 9.44. The fourth-order valence-electron chi connectivity index (χ4n) is 3.55. The molecule has 3 aromatic rings. The van der Waals surface area contributed by atoms with Crippen molar-refractivity contribution in [2.24, 2.45) is 0 Å². The molecule has 4 rings (SSSR count). The Kier molecular flexibility index (Phi) is 5.78. The number of thiazole rings is 1. The largest absolute Gasteiger partial charge is 0.298 e. The van der Waals surface area contributed by atoms with Gasteiger partial charge in [-0.1, -0.05) is 17.7 Å². The van der Waals surface area contributed by atoms with Crippen molar-refractivity contribution in [3.05, 3.63) is 65.6 Å². The number of hydrogen-bond acceptors (Lipinski definition) is 6. The van der Waals surface area contributed by atoms with Gasteiger partial charge in [0.15, 0.2) is 0 Å². The highest BCUT2D eigenvalue weighted by Gasteiger charge is 2.24. The molecule has 1 aliphatic rings. The maximum atomic E-state index is 11.1. The van der Waals surface area contributed by atoms with E-state index in [1.165, 1.54) is 15.8 Å². The molecule has 0 atom stereocenters. The van der Waals surface area contributed by atoms with Crippen molar-refractivity contribution in [1.29, 1.82) is 0 Å². The molecular weight excluding hydrogens is 414 g/mol. The van der Waals surface area contributed by atoms with E-state index < -0.39 is 4.92 Å². The minimum Gasteiger partial charge on any atom is -0.298 e. The minimum atomic E-state index is -0.454. The molecule has 1 fully saturated rings. The third-order valence-electron chi connectivity index (χ3n) is 5.07. The molecule has 0 saturated carbocycles. The highest BCUT2D eigenvalue weighted by Crippen LogP contribution is 2.35. The lowest BCUT2D eigenvalue weighted by Crippen LogP contribution is -2.32. The van der Waals surface area contributed by atoms with E-state index in [2.05, 4.69) is 24.0 Å². The minimum absolute atomic E-state index is 0.0779. The predicted octanol–water partition coefficient (Wildman–Crippen LogP) is 6.12. The van der Waals surface area contributed by atoms with Crippen LogP contribution in [0.2, 0.25) is 5.02 Å². The molecule has 28 heavy (non-hydrogen) atoms. The summed E-state index contributed by atoms with van der Waals surface area (Å²) < 4.78 is 0. The molecule has 1 aliphatic heterocycles. The molecule has 1 aromatic carbocycles. The van der Waals surface area contributed by atoms with E-state index in [1.54, 1.807) is 23.5 Å². The van der Waals surface area contributed by atoms with Crippen molar-refractivity contribution in [3.63, 3.8) is 0 Å². The van der Waals surface area contributed by atoms with Crippen molar-refractivity contribution < 1.29 is 4.92 Å². The Hall–Kier alpha value is -1.80. The lowest BCUT2D eigenvalue weighted by atomic mass is 9.97. The third kappa shape index (κ3) is 4.27. The van der Waals surface area contributed by atoms with Gasteiger partial charge in [-0.25, -0.2) is 4.98 Å². The second kappa shape index (κ2) is 8.29. The monoisotopic (exact) mass is 433 g/mol. The number of aromatic nitrogens is 1. The fraction of sp³-hybridized carbons (Fsp3) is 0.350. The van der Waals surface area contributed by atoms with Gasteiger partial charge in [-0.3, -0.25) is 15.0 Å². The Labute approximate surface area is 176 Å². The van der Waals surface area contributed by atoms with Crippen LogP contribution in [-0.4, -0.2) is 27.9 Å². The number of aryl methyl sites for hydroxylation is 1. The van der Waals surface area contributed by atoms with Crippen LogP contribution in [0.1, 0.15) is 33.5 Å². The quantitative estimate of drug-likeness (QED) is 0.359. The average molecular weight is 434 g/mol. The van der Waals surface area contributed by atoms with E-state index in [1.807, 2.05) is 16.7 Å². The van der Waals surface area contributed by atoms with Gasteiger partial charge in [-0.05, 0) is 51.1 Å². The van der Waals surface area contributed by atoms with E-state index in [4.69, 9.17) is 16.6 Å². The summed E-state index contributed by atoms with van der Waals surface area (Å²) in [6.07, 6.45) is 2.19. The maximum Gasteiger partial charge on any atom is 0.288 e. The Morgan fingerprint density at radius 1 is 1.29 bits per heavy atom. The summed E-state index contributed by atoms with van der Waals surface area (Å²) in [6, 6.07) is 9.28. The molecule has 0 amide bonds. The first kappa shape index (κ1) is 19.5. The van der Waals surface area contributed by atoms with Gasteiger partial charge in [0.05, 0.1) is 15.6 Å². The number of piperidine rings is 1. The van der Waals surface area contributed by atoms with Crippen LogP contribution in [0.4, 0.5) is 5.69 Å². The number of rotatable bonds is 5. The van der Waals surface area contributed by atoms with Gasteiger partial charge in [-0.15, -0.1) is 22.7 Å². The molecule has 0 radical (unpaired) electrons. The van der Waals surface area contributed by atoms with Crippen molar-refractivity contribution >= 4 is 40.0 Å². The van der Waals surface area contributed by atoms with Crippen LogP contribution in [0, 0.1) is 17.0 Å². The Bertz CT molecular complexity index is 993. The van der Waals surface area contributed by atoms with Crippen LogP contribution in [0.15, 0.2) is 35.7 Å². The van der Waals surface area contributed by atoms with Gasteiger partial charge in [0.2, 0.25) is 0 Å². The fourth-order valence-corrected chi connectivity index (χ4v) is 5.67. The molecular formula is C20H20ClN3O2S2. The third-order valence-corrected chi connectivity index (χ3v) is 7.39. The molecule has 1 saturated heterocycles. The van der Waals surface area contributed by atoms with Gasteiger partial charge in [0.25, 0.3) is 5.69 Å². The molecule has 5 nitrogen and oxygen atoms in total. The summed E-state index contributed by atoms with van der Waals surface area (Å²) in [4.78, 5) is 20.8. The summed E-state index contributed by atoms with van der Waals surface area (Å²) in [5, 5.41) is 14.4. The van der Waals surface area contributed by atoms with E-state index in [-0.39, 0.29) is 10.7 Å². The zero-order chi connectivity index (χ0) is 19.7. The van der Waals surface area contributed by atoms with Crippen LogP contribution in [0.25, 0.3) is 11.3 Å². The molecule has 0 N–H and O–H groups in total. The van der Waals surface area contributed by atoms with Crippen LogP contribution >= 0.6 is 34.3 Å². The van der Waals surface area contributed by atoms with Crippen molar-refractivity contribution in [2.75, 3.05) is 13.1 Å². The van der Waals surface area contributed by atoms with Crippen LogP contribution in [-0.2, 0) is 6.54 Å². The molecule has 0 unspecified atom stereocenters. The molecule has 3 heterocycles. The van der Waals surface area contributed by atoms with Crippen LogP contribution in [0.5, 0.6) is 0 Å². The molecule has 2 aromatic heterocycles. The van der Waals surface area contributed by atoms with Crippen molar-refractivity contribution in [1.82, 2.24) is 9.88 Å². The van der Waals surface area contributed by atoms with Gasteiger partial charge in [0, 0.05) is 39.2 Å². The lowest BCUT2D eigenvalue weighted by molar-refractivity contribution is -0.384. The van der Waals surface area contributed by atoms with Crippen LogP contribution < -0.4 is 0 Å². The summed E-state index contributed by atoms with van der Waals surface area (Å²) in [7, 11) is 0. The zero-order valence-corrected chi connectivity index (χ0v) is 17.8. The molecule has 0 spiro atoms. The first-order chi connectivity index (χ1) is 13.5. The molecule has 0 aliphatic carbocycles. The highest BCUT2D eigenvalue weighted by molar-refractivity contribution is 7.11.